The van der Waals surface area contributed by atoms with E-state index in [1.165, 1.54) is 10.5 Å². The van der Waals surface area contributed by atoms with Gasteiger partial charge in [0, 0.05) is 14.1 Å². The van der Waals surface area contributed by atoms with Crippen molar-refractivity contribution in [1.82, 2.24) is 9.91 Å². The number of carbonyl (C=O) groups excluding carboxylic acids is 1. The molecule has 0 fully saturated rings. The lowest BCUT2D eigenvalue weighted by atomic mass is 9.94. The summed E-state index contributed by atoms with van der Waals surface area (Å²) in [5.74, 6) is 0.479. The van der Waals surface area contributed by atoms with Crippen molar-refractivity contribution < 1.29 is 9.53 Å². The number of hydrogen-bond donors (Lipinski definition) is 0. The molecule has 0 saturated carbocycles. The molecule has 1 heterocycles. The summed E-state index contributed by atoms with van der Waals surface area (Å²) in [6.07, 6.45) is -0.390. The van der Waals surface area contributed by atoms with Crippen molar-refractivity contribution in [2.75, 3.05) is 20.6 Å². The maximum absolute atomic E-state index is 11.7. The number of rotatable bonds is 2. The van der Waals surface area contributed by atoms with Gasteiger partial charge < -0.3 is 9.64 Å². The average Bonchev–Trinajstić information content (AvgIpc) is 2.64. The predicted octanol–water partition coefficient (Wildman–Crippen LogP) is 2.54. The second-order valence-electron chi connectivity index (χ2n) is 5.86. The lowest BCUT2D eigenvalue weighted by Crippen LogP contribution is -2.33. The number of hydrazone groups is 1. The number of amides is 1. The highest BCUT2D eigenvalue weighted by molar-refractivity contribution is 5.92. The number of carbonyl (C=O) groups is 1. The van der Waals surface area contributed by atoms with Crippen LogP contribution >= 0.6 is 0 Å². The summed E-state index contributed by atoms with van der Waals surface area (Å²) in [6.45, 7) is 5.50. The standard InChI is InChI=1S/C15H21N3O2/c1-15(2)11-18(10-12-8-6-5-7-9-12)16-13(15)20-14(19)17(3)4/h5-9H,10-11H2,1-4H3. The van der Waals surface area contributed by atoms with Crippen LogP contribution in [0.25, 0.3) is 0 Å². The Hall–Kier alpha value is -2.04. The van der Waals surface area contributed by atoms with Gasteiger partial charge in [-0.2, -0.15) is 0 Å². The molecule has 108 valence electrons. The van der Waals surface area contributed by atoms with Gasteiger partial charge in [-0.15, -0.1) is 5.10 Å². The Morgan fingerprint density at radius 3 is 2.60 bits per heavy atom. The molecule has 5 heteroatoms. The minimum atomic E-state index is -0.390. The minimum absolute atomic E-state index is 0.263. The lowest BCUT2D eigenvalue weighted by Gasteiger charge is -2.21. The molecular formula is C15H21N3O2. The third-order valence-corrected chi connectivity index (χ3v) is 3.15. The van der Waals surface area contributed by atoms with Crippen LogP contribution < -0.4 is 0 Å². The largest absolute Gasteiger partial charge is 0.415 e. The molecule has 0 aliphatic carbocycles. The summed E-state index contributed by atoms with van der Waals surface area (Å²) in [5.41, 5.74) is 0.924. The van der Waals surface area contributed by atoms with E-state index in [0.717, 1.165) is 6.54 Å². The SMILES string of the molecule is CN(C)C(=O)OC1=NN(Cc2ccccc2)CC1(C)C. The van der Waals surface area contributed by atoms with Crippen LogP contribution in [0.4, 0.5) is 4.79 Å². The van der Waals surface area contributed by atoms with Crippen molar-refractivity contribution in [3.05, 3.63) is 35.9 Å². The maximum atomic E-state index is 11.7. The molecule has 1 aliphatic rings. The second kappa shape index (κ2) is 5.53. The van der Waals surface area contributed by atoms with Crippen molar-refractivity contribution >= 4 is 12.0 Å². The molecule has 1 aliphatic heterocycles. The summed E-state index contributed by atoms with van der Waals surface area (Å²) < 4.78 is 5.35. The molecule has 5 nitrogen and oxygen atoms in total. The van der Waals surface area contributed by atoms with Gasteiger partial charge in [0.2, 0.25) is 5.90 Å². The van der Waals surface area contributed by atoms with Crippen LogP contribution in [0.15, 0.2) is 35.4 Å². The monoisotopic (exact) mass is 275 g/mol. The Morgan fingerprint density at radius 2 is 2.00 bits per heavy atom. The zero-order valence-electron chi connectivity index (χ0n) is 12.5. The fraction of sp³-hybridized carbons (Fsp3) is 0.467. The first-order chi connectivity index (χ1) is 9.38. The topological polar surface area (TPSA) is 45.1 Å². The fourth-order valence-electron chi connectivity index (χ4n) is 2.04. The molecule has 20 heavy (non-hydrogen) atoms. The number of hydrogen-bond acceptors (Lipinski definition) is 4. The fourth-order valence-corrected chi connectivity index (χ4v) is 2.04. The van der Waals surface area contributed by atoms with Crippen molar-refractivity contribution in [1.29, 1.82) is 0 Å². The molecular weight excluding hydrogens is 254 g/mol. The normalized spacial score (nSPS) is 16.8. The Balaban J connectivity index is 2.07. The highest BCUT2D eigenvalue weighted by atomic mass is 16.6. The summed E-state index contributed by atoms with van der Waals surface area (Å²) in [4.78, 5) is 13.1. The molecule has 0 saturated heterocycles. The molecule has 0 bridgehead atoms. The van der Waals surface area contributed by atoms with Crippen molar-refractivity contribution in [2.45, 2.75) is 20.4 Å². The Morgan fingerprint density at radius 1 is 1.35 bits per heavy atom. The molecule has 0 radical (unpaired) electrons. The highest BCUT2D eigenvalue weighted by Gasteiger charge is 2.37. The molecule has 0 unspecified atom stereocenters. The van der Waals surface area contributed by atoms with E-state index in [9.17, 15) is 4.79 Å². The van der Waals surface area contributed by atoms with E-state index in [1.54, 1.807) is 14.1 Å². The highest BCUT2D eigenvalue weighted by Crippen LogP contribution is 2.28. The van der Waals surface area contributed by atoms with Gasteiger partial charge in [0.05, 0.1) is 18.5 Å². The molecule has 1 aromatic rings. The maximum Gasteiger partial charge on any atom is 0.415 e. The van der Waals surface area contributed by atoms with Crippen molar-refractivity contribution in [3.63, 3.8) is 0 Å². The molecule has 1 amide bonds. The number of ether oxygens (including phenoxy) is 1. The van der Waals surface area contributed by atoms with Crippen LogP contribution in [-0.4, -0.2) is 42.5 Å². The Kier molecular flexibility index (Phi) is 3.97. The van der Waals surface area contributed by atoms with Crippen molar-refractivity contribution in [2.24, 2.45) is 10.5 Å². The van der Waals surface area contributed by atoms with E-state index in [-0.39, 0.29) is 5.41 Å². The van der Waals surface area contributed by atoms with E-state index >= 15 is 0 Å². The second-order valence-corrected chi connectivity index (χ2v) is 5.86. The molecule has 0 atom stereocenters. The van der Waals surface area contributed by atoms with E-state index in [4.69, 9.17) is 4.74 Å². The smallest absolute Gasteiger partial charge is 0.393 e. The molecule has 0 spiro atoms. The third-order valence-electron chi connectivity index (χ3n) is 3.15. The summed E-state index contributed by atoms with van der Waals surface area (Å²) >= 11 is 0. The zero-order chi connectivity index (χ0) is 14.8. The van der Waals surface area contributed by atoms with Gasteiger partial charge in [-0.25, -0.2) is 4.79 Å². The van der Waals surface area contributed by atoms with Crippen LogP contribution in [0.2, 0.25) is 0 Å². The number of benzene rings is 1. The first kappa shape index (κ1) is 14.4. The van der Waals surface area contributed by atoms with Crippen LogP contribution in [-0.2, 0) is 11.3 Å². The predicted molar refractivity (Wildman–Crippen MR) is 78.2 cm³/mol. The van der Waals surface area contributed by atoms with Gasteiger partial charge in [-0.05, 0) is 19.4 Å². The van der Waals surface area contributed by atoms with E-state index in [1.807, 2.05) is 37.1 Å². The summed E-state index contributed by atoms with van der Waals surface area (Å²) in [6, 6.07) is 10.1. The Bertz CT molecular complexity index is 509. The summed E-state index contributed by atoms with van der Waals surface area (Å²) in [7, 11) is 3.32. The molecule has 0 aromatic heterocycles. The quantitative estimate of drug-likeness (QED) is 0.833. The van der Waals surface area contributed by atoms with Gasteiger partial charge in [0.1, 0.15) is 0 Å². The third kappa shape index (κ3) is 3.29. The van der Waals surface area contributed by atoms with Gasteiger partial charge >= 0.3 is 6.09 Å². The van der Waals surface area contributed by atoms with E-state index < -0.39 is 6.09 Å². The van der Waals surface area contributed by atoms with E-state index in [0.29, 0.717) is 12.4 Å². The summed E-state index contributed by atoms with van der Waals surface area (Å²) in [5, 5.41) is 6.38. The molecule has 1 aromatic carbocycles. The van der Waals surface area contributed by atoms with Crippen molar-refractivity contribution in [3.8, 4) is 0 Å². The van der Waals surface area contributed by atoms with Crippen LogP contribution in [0.3, 0.4) is 0 Å². The molecule has 2 rings (SSSR count). The van der Waals surface area contributed by atoms with Gasteiger partial charge in [0.15, 0.2) is 0 Å². The van der Waals surface area contributed by atoms with E-state index in [2.05, 4.69) is 17.2 Å². The van der Waals surface area contributed by atoms with Gasteiger partial charge in [0.25, 0.3) is 0 Å². The van der Waals surface area contributed by atoms with Crippen LogP contribution in [0.5, 0.6) is 0 Å². The average molecular weight is 275 g/mol. The first-order valence-corrected chi connectivity index (χ1v) is 6.65. The van der Waals surface area contributed by atoms with Crippen LogP contribution in [0, 0.1) is 5.41 Å². The number of nitrogens with zero attached hydrogens (tertiary/aromatic N) is 3. The van der Waals surface area contributed by atoms with Gasteiger partial charge in [-0.3, -0.25) is 5.01 Å². The van der Waals surface area contributed by atoms with Gasteiger partial charge in [-0.1, -0.05) is 30.3 Å². The zero-order valence-corrected chi connectivity index (χ0v) is 12.5. The van der Waals surface area contributed by atoms with Crippen LogP contribution in [0.1, 0.15) is 19.4 Å². The molecule has 0 N–H and O–H groups in total. The lowest BCUT2D eigenvalue weighted by molar-refractivity contribution is 0.162. The first-order valence-electron chi connectivity index (χ1n) is 6.65. The Labute approximate surface area is 119 Å². The minimum Gasteiger partial charge on any atom is -0.393 e.